The van der Waals surface area contributed by atoms with E-state index in [-0.39, 0.29) is 0 Å². The number of nitrogens with zero attached hydrogens (tertiary/aromatic N) is 1. The predicted octanol–water partition coefficient (Wildman–Crippen LogP) is 6.17. The van der Waals surface area contributed by atoms with Gasteiger partial charge in [-0.25, -0.2) is 0 Å². The minimum atomic E-state index is 0.833. The van der Waals surface area contributed by atoms with Gasteiger partial charge in [-0.05, 0) is 51.2 Å². The summed E-state index contributed by atoms with van der Waals surface area (Å²) in [6.07, 6.45) is 15.4. The Hall–Kier alpha value is -1.28. The SMILES string of the molecule is C=Cc1ccc(OCCCCCCCCCCCCN(C)C)cc1. The van der Waals surface area contributed by atoms with Gasteiger partial charge in [0.05, 0.1) is 6.61 Å². The van der Waals surface area contributed by atoms with Crippen LogP contribution in [-0.2, 0) is 0 Å². The smallest absolute Gasteiger partial charge is 0.119 e. The summed E-state index contributed by atoms with van der Waals surface area (Å²) in [6.45, 7) is 5.83. The molecule has 0 saturated heterocycles. The Bertz CT molecular complexity index is 410. The normalized spacial score (nSPS) is 11.0. The molecule has 0 fully saturated rings. The molecule has 1 aromatic carbocycles. The fourth-order valence-corrected chi connectivity index (χ4v) is 2.83. The molecule has 0 heterocycles. The molecule has 0 bridgehead atoms. The van der Waals surface area contributed by atoms with Crippen molar-refractivity contribution in [2.75, 3.05) is 27.2 Å². The minimum absolute atomic E-state index is 0.833. The van der Waals surface area contributed by atoms with Crippen molar-refractivity contribution in [2.24, 2.45) is 0 Å². The first kappa shape index (κ1) is 20.8. The van der Waals surface area contributed by atoms with Crippen LogP contribution >= 0.6 is 0 Å². The van der Waals surface area contributed by atoms with Crippen molar-refractivity contribution in [3.8, 4) is 5.75 Å². The van der Waals surface area contributed by atoms with Crippen LogP contribution in [0.2, 0.25) is 0 Å². The summed E-state index contributed by atoms with van der Waals surface area (Å²) in [5.41, 5.74) is 1.14. The molecule has 0 aliphatic heterocycles. The van der Waals surface area contributed by atoms with Gasteiger partial charge < -0.3 is 9.64 Å². The molecule has 2 nitrogen and oxygen atoms in total. The van der Waals surface area contributed by atoms with Crippen molar-refractivity contribution in [2.45, 2.75) is 64.2 Å². The first-order valence-electron chi connectivity index (χ1n) is 9.72. The Labute approximate surface area is 149 Å². The topological polar surface area (TPSA) is 12.5 Å². The van der Waals surface area contributed by atoms with Crippen LogP contribution in [0.1, 0.15) is 69.8 Å². The fourth-order valence-electron chi connectivity index (χ4n) is 2.83. The van der Waals surface area contributed by atoms with Gasteiger partial charge in [0.25, 0.3) is 0 Å². The van der Waals surface area contributed by atoms with Crippen LogP contribution in [0, 0.1) is 0 Å². The summed E-state index contributed by atoms with van der Waals surface area (Å²) in [6, 6.07) is 8.14. The number of benzene rings is 1. The molecule has 0 aliphatic rings. The van der Waals surface area contributed by atoms with E-state index in [1.165, 1.54) is 64.3 Å². The van der Waals surface area contributed by atoms with Crippen LogP contribution in [0.3, 0.4) is 0 Å². The molecule has 0 amide bonds. The van der Waals surface area contributed by atoms with Gasteiger partial charge in [-0.1, -0.05) is 76.2 Å². The maximum atomic E-state index is 5.77. The van der Waals surface area contributed by atoms with Crippen molar-refractivity contribution in [3.05, 3.63) is 36.4 Å². The molecule has 0 aliphatic carbocycles. The molecule has 0 N–H and O–H groups in total. The van der Waals surface area contributed by atoms with E-state index in [4.69, 9.17) is 4.74 Å². The fraction of sp³-hybridized carbons (Fsp3) is 0.636. The predicted molar refractivity (Wildman–Crippen MR) is 107 cm³/mol. The second-order valence-corrected chi connectivity index (χ2v) is 6.96. The number of rotatable bonds is 15. The lowest BCUT2D eigenvalue weighted by Gasteiger charge is -2.08. The molecule has 0 unspecified atom stereocenters. The first-order valence-corrected chi connectivity index (χ1v) is 9.72. The molecule has 0 spiro atoms. The largest absolute Gasteiger partial charge is 0.494 e. The highest BCUT2D eigenvalue weighted by Gasteiger charge is 1.96. The van der Waals surface area contributed by atoms with Crippen molar-refractivity contribution < 1.29 is 4.74 Å². The van der Waals surface area contributed by atoms with Crippen LogP contribution in [0.15, 0.2) is 30.8 Å². The van der Waals surface area contributed by atoms with Gasteiger partial charge in [-0.3, -0.25) is 0 Å². The molecule has 1 rings (SSSR count). The average molecular weight is 332 g/mol. The van der Waals surface area contributed by atoms with Crippen molar-refractivity contribution in [1.29, 1.82) is 0 Å². The average Bonchev–Trinajstić information content (AvgIpc) is 2.59. The van der Waals surface area contributed by atoms with Crippen LogP contribution in [0.25, 0.3) is 6.08 Å². The van der Waals surface area contributed by atoms with Gasteiger partial charge in [0.15, 0.2) is 0 Å². The quantitative estimate of drug-likeness (QED) is 0.356. The second kappa shape index (κ2) is 14.1. The minimum Gasteiger partial charge on any atom is -0.494 e. The van der Waals surface area contributed by atoms with E-state index in [1.807, 2.05) is 30.3 Å². The van der Waals surface area contributed by atoms with E-state index in [2.05, 4.69) is 25.6 Å². The summed E-state index contributed by atoms with van der Waals surface area (Å²) in [4.78, 5) is 2.28. The molecule has 1 aromatic rings. The Balaban J connectivity index is 1.82. The highest BCUT2D eigenvalue weighted by molar-refractivity contribution is 5.48. The molecule has 0 aromatic heterocycles. The molecule has 0 atom stereocenters. The van der Waals surface area contributed by atoms with Crippen LogP contribution < -0.4 is 4.74 Å². The van der Waals surface area contributed by atoms with Crippen molar-refractivity contribution >= 4 is 6.08 Å². The van der Waals surface area contributed by atoms with E-state index >= 15 is 0 Å². The summed E-state index contributed by atoms with van der Waals surface area (Å²) >= 11 is 0. The van der Waals surface area contributed by atoms with E-state index in [0.29, 0.717) is 0 Å². The van der Waals surface area contributed by atoms with Gasteiger partial charge in [0.1, 0.15) is 5.75 Å². The zero-order valence-corrected chi connectivity index (χ0v) is 15.9. The van der Waals surface area contributed by atoms with Crippen molar-refractivity contribution in [3.63, 3.8) is 0 Å². The number of ether oxygens (including phenoxy) is 1. The number of hydrogen-bond acceptors (Lipinski definition) is 2. The molecule has 136 valence electrons. The zero-order valence-electron chi connectivity index (χ0n) is 15.9. The standard InChI is InChI=1S/C22H37NO/c1-4-21-15-17-22(18-16-21)24-20-14-12-10-8-6-5-7-9-11-13-19-23(2)3/h4,15-18H,1,5-14,19-20H2,2-3H3. The van der Waals surface area contributed by atoms with Crippen molar-refractivity contribution in [1.82, 2.24) is 4.90 Å². The first-order chi connectivity index (χ1) is 11.7. The van der Waals surface area contributed by atoms with E-state index in [9.17, 15) is 0 Å². The van der Waals surface area contributed by atoms with Gasteiger partial charge in [0, 0.05) is 0 Å². The van der Waals surface area contributed by atoms with Gasteiger partial charge in [-0.15, -0.1) is 0 Å². The number of hydrogen-bond donors (Lipinski definition) is 0. The molecule has 0 radical (unpaired) electrons. The summed E-state index contributed by atoms with van der Waals surface area (Å²) in [5, 5.41) is 0. The number of unbranched alkanes of at least 4 members (excludes halogenated alkanes) is 9. The third-order valence-corrected chi connectivity index (χ3v) is 4.38. The molecule has 24 heavy (non-hydrogen) atoms. The molecule has 0 saturated carbocycles. The van der Waals surface area contributed by atoms with Gasteiger partial charge in [-0.2, -0.15) is 0 Å². The summed E-state index contributed by atoms with van der Waals surface area (Å²) in [7, 11) is 4.31. The molecule has 2 heteroatoms. The molecular weight excluding hydrogens is 294 g/mol. The van der Waals surface area contributed by atoms with Gasteiger partial charge >= 0.3 is 0 Å². The van der Waals surface area contributed by atoms with Crippen LogP contribution in [-0.4, -0.2) is 32.1 Å². The Morgan fingerprint density at radius 1 is 0.792 bits per heavy atom. The van der Waals surface area contributed by atoms with Crippen LogP contribution in [0.5, 0.6) is 5.75 Å². The third kappa shape index (κ3) is 11.3. The van der Waals surface area contributed by atoms with E-state index < -0.39 is 0 Å². The Kier molecular flexibility index (Phi) is 12.2. The van der Waals surface area contributed by atoms with E-state index in [1.54, 1.807) is 0 Å². The lowest BCUT2D eigenvalue weighted by Crippen LogP contribution is -2.12. The van der Waals surface area contributed by atoms with E-state index in [0.717, 1.165) is 24.3 Å². The summed E-state index contributed by atoms with van der Waals surface area (Å²) < 4.78 is 5.77. The lowest BCUT2D eigenvalue weighted by molar-refractivity contribution is 0.304. The third-order valence-electron chi connectivity index (χ3n) is 4.38. The summed E-state index contributed by atoms with van der Waals surface area (Å²) in [5.74, 6) is 0.967. The molecular formula is C22H37NO. The van der Waals surface area contributed by atoms with Gasteiger partial charge in [0.2, 0.25) is 0 Å². The second-order valence-electron chi connectivity index (χ2n) is 6.96. The Morgan fingerprint density at radius 3 is 1.79 bits per heavy atom. The maximum absolute atomic E-state index is 5.77. The highest BCUT2D eigenvalue weighted by atomic mass is 16.5. The van der Waals surface area contributed by atoms with Crippen LogP contribution in [0.4, 0.5) is 0 Å². The monoisotopic (exact) mass is 331 g/mol. The lowest BCUT2D eigenvalue weighted by atomic mass is 10.1. The highest BCUT2D eigenvalue weighted by Crippen LogP contribution is 2.14. The zero-order chi connectivity index (χ0) is 17.5. The Morgan fingerprint density at radius 2 is 1.29 bits per heavy atom. The maximum Gasteiger partial charge on any atom is 0.119 e.